The molecule has 160 valence electrons. The van der Waals surface area contributed by atoms with E-state index in [4.69, 9.17) is 9.88 Å². The minimum atomic E-state index is -4.64. The summed E-state index contributed by atoms with van der Waals surface area (Å²) in [4.78, 5) is 3.62. The van der Waals surface area contributed by atoms with Crippen molar-refractivity contribution in [2.45, 2.75) is 30.8 Å². The van der Waals surface area contributed by atoms with E-state index in [0.29, 0.717) is 23.6 Å². The molecule has 30 heavy (non-hydrogen) atoms. The van der Waals surface area contributed by atoms with Gasteiger partial charge in [0, 0.05) is 17.4 Å². The van der Waals surface area contributed by atoms with Gasteiger partial charge in [-0.1, -0.05) is 13.3 Å². The van der Waals surface area contributed by atoms with Crippen LogP contribution in [0.2, 0.25) is 0 Å². The lowest BCUT2D eigenvalue weighted by Crippen LogP contribution is -2.12. The fourth-order valence-electron chi connectivity index (χ4n) is 2.75. The maximum absolute atomic E-state index is 13.3. The van der Waals surface area contributed by atoms with Crippen molar-refractivity contribution in [3.8, 4) is 22.8 Å². The summed E-state index contributed by atoms with van der Waals surface area (Å²) in [5.41, 5.74) is -0.302. The Kier molecular flexibility index (Phi) is 6.18. The molecular formula is C20H20F3N3O3S. The van der Waals surface area contributed by atoms with Gasteiger partial charge in [0.1, 0.15) is 11.6 Å². The molecule has 0 aliphatic rings. The zero-order valence-electron chi connectivity index (χ0n) is 16.1. The van der Waals surface area contributed by atoms with Gasteiger partial charge in [0.25, 0.3) is 0 Å². The highest BCUT2D eigenvalue weighted by Crippen LogP contribution is 2.33. The SMILES string of the molecule is CCCCOc1ccc(-c2nc(C(F)(F)F)cn2-c2ccc(S(N)(=O)=O)cc2)cc1. The van der Waals surface area contributed by atoms with Crippen LogP contribution in [0.3, 0.4) is 0 Å². The minimum Gasteiger partial charge on any atom is -0.494 e. The van der Waals surface area contributed by atoms with Gasteiger partial charge in [-0.2, -0.15) is 13.2 Å². The highest BCUT2D eigenvalue weighted by atomic mass is 32.2. The van der Waals surface area contributed by atoms with Crippen molar-refractivity contribution in [2.75, 3.05) is 6.61 Å². The Hall–Kier alpha value is -2.85. The molecule has 6 nitrogen and oxygen atoms in total. The zero-order valence-corrected chi connectivity index (χ0v) is 16.9. The van der Waals surface area contributed by atoms with E-state index >= 15 is 0 Å². The molecule has 0 saturated carbocycles. The van der Waals surface area contributed by atoms with Gasteiger partial charge in [-0.3, -0.25) is 4.57 Å². The third-order valence-corrected chi connectivity index (χ3v) is 5.25. The van der Waals surface area contributed by atoms with Crippen molar-refractivity contribution in [3.63, 3.8) is 0 Å². The molecule has 1 heterocycles. The van der Waals surface area contributed by atoms with Crippen LogP contribution in [0.5, 0.6) is 5.75 Å². The van der Waals surface area contributed by atoms with E-state index < -0.39 is 21.9 Å². The minimum absolute atomic E-state index is 0.0609. The first-order valence-corrected chi connectivity index (χ1v) is 10.7. The molecule has 0 aliphatic heterocycles. The van der Waals surface area contributed by atoms with Gasteiger partial charge in [0.05, 0.1) is 11.5 Å². The second-order valence-corrected chi connectivity index (χ2v) is 8.14. The van der Waals surface area contributed by atoms with Crippen molar-refractivity contribution in [3.05, 3.63) is 60.4 Å². The van der Waals surface area contributed by atoms with Crippen LogP contribution >= 0.6 is 0 Å². The standard InChI is InChI=1S/C20H20F3N3O3S/c1-2-3-12-29-16-8-4-14(5-9-16)19-25-18(20(21,22)23)13-26(19)15-6-10-17(11-7-15)30(24,27)28/h4-11,13H,2-3,12H2,1H3,(H2,24,27,28). The molecule has 0 unspecified atom stereocenters. The van der Waals surface area contributed by atoms with Gasteiger partial charge >= 0.3 is 6.18 Å². The van der Waals surface area contributed by atoms with Crippen LogP contribution in [0.15, 0.2) is 59.6 Å². The first-order valence-electron chi connectivity index (χ1n) is 9.12. The highest BCUT2D eigenvalue weighted by molar-refractivity contribution is 7.89. The number of imidazole rings is 1. The maximum Gasteiger partial charge on any atom is 0.434 e. The molecule has 10 heteroatoms. The van der Waals surface area contributed by atoms with E-state index in [1.165, 1.54) is 28.8 Å². The summed E-state index contributed by atoms with van der Waals surface area (Å²) in [6.07, 6.45) is -1.88. The summed E-state index contributed by atoms with van der Waals surface area (Å²) < 4.78 is 69.5. The summed E-state index contributed by atoms with van der Waals surface area (Å²) in [7, 11) is -3.92. The fourth-order valence-corrected chi connectivity index (χ4v) is 3.26. The Morgan fingerprint density at radius 2 is 1.70 bits per heavy atom. The van der Waals surface area contributed by atoms with Crippen LogP contribution in [0.25, 0.3) is 17.1 Å². The number of nitrogens with zero attached hydrogens (tertiary/aromatic N) is 2. The molecule has 0 radical (unpaired) electrons. The molecule has 0 spiro atoms. The average Bonchev–Trinajstić information content (AvgIpc) is 3.14. The van der Waals surface area contributed by atoms with Crippen LogP contribution < -0.4 is 9.88 Å². The molecule has 0 amide bonds. The van der Waals surface area contributed by atoms with Crippen molar-refractivity contribution in [1.82, 2.24) is 9.55 Å². The van der Waals surface area contributed by atoms with Gasteiger partial charge in [0.2, 0.25) is 10.0 Å². The topological polar surface area (TPSA) is 87.2 Å². The Balaban J connectivity index is 2.01. The van der Waals surface area contributed by atoms with Gasteiger partial charge < -0.3 is 4.74 Å². The third kappa shape index (κ3) is 5.00. The zero-order chi connectivity index (χ0) is 21.9. The van der Waals surface area contributed by atoms with Crippen LogP contribution in [-0.2, 0) is 16.2 Å². The predicted molar refractivity (Wildman–Crippen MR) is 106 cm³/mol. The molecule has 0 atom stereocenters. The average molecular weight is 439 g/mol. The fraction of sp³-hybridized carbons (Fsp3) is 0.250. The number of primary sulfonamides is 1. The molecule has 0 fully saturated rings. The molecule has 0 saturated heterocycles. The Bertz CT molecular complexity index is 1110. The summed E-state index contributed by atoms with van der Waals surface area (Å²) in [5, 5.41) is 5.08. The molecule has 1 aromatic heterocycles. The first kappa shape index (κ1) is 21.8. The largest absolute Gasteiger partial charge is 0.494 e. The van der Waals surface area contributed by atoms with E-state index in [2.05, 4.69) is 4.98 Å². The molecule has 3 aromatic rings. The summed E-state index contributed by atoms with van der Waals surface area (Å²) >= 11 is 0. The number of nitrogens with two attached hydrogens (primary N) is 1. The molecule has 0 bridgehead atoms. The van der Waals surface area contributed by atoms with Crippen molar-refractivity contribution in [2.24, 2.45) is 5.14 Å². The lowest BCUT2D eigenvalue weighted by atomic mass is 10.2. The first-order chi connectivity index (χ1) is 14.1. The summed E-state index contributed by atoms with van der Waals surface area (Å²) in [6, 6.07) is 11.8. The van der Waals surface area contributed by atoms with E-state index in [1.54, 1.807) is 24.3 Å². The van der Waals surface area contributed by atoms with Gasteiger partial charge in [-0.05, 0) is 55.0 Å². The number of ether oxygens (including phenoxy) is 1. The molecular weight excluding hydrogens is 419 g/mol. The van der Waals surface area contributed by atoms with E-state index in [1.807, 2.05) is 6.92 Å². The quantitative estimate of drug-likeness (QED) is 0.554. The number of alkyl halides is 3. The smallest absolute Gasteiger partial charge is 0.434 e. The van der Waals surface area contributed by atoms with Crippen molar-refractivity contribution >= 4 is 10.0 Å². The highest BCUT2D eigenvalue weighted by Gasteiger charge is 2.35. The lowest BCUT2D eigenvalue weighted by Gasteiger charge is -2.10. The number of unbranched alkanes of at least 4 members (excludes halogenated alkanes) is 1. The van der Waals surface area contributed by atoms with Gasteiger partial charge in [0.15, 0.2) is 5.69 Å². The molecule has 0 aliphatic carbocycles. The summed E-state index contributed by atoms with van der Waals surface area (Å²) in [6.45, 7) is 2.60. The molecule has 2 N–H and O–H groups in total. The monoisotopic (exact) mass is 439 g/mol. The Morgan fingerprint density at radius 3 is 2.23 bits per heavy atom. The predicted octanol–water partition coefficient (Wildman–Crippen LogP) is 4.38. The van der Waals surface area contributed by atoms with E-state index in [9.17, 15) is 21.6 Å². The third-order valence-electron chi connectivity index (χ3n) is 4.32. The number of hydrogen-bond donors (Lipinski definition) is 1. The number of aromatic nitrogens is 2. The van der Waals surface area contributed by atoms with E-state index in [0.717, 1.165) is 19.0 Å². The van der Waals surface area contributed by atoms with Crippen LogP contribution in [0.4, 0.5) is 13.2 Å². The van der Waals surface area contributed by atoms with Crippen molar-refractivity contribution in [1.29, 1.82) is 0 Å². The second-order valence-electron chi connectivity index (χ2n) is 6.58. The number of sulfonamides is 1. The Labute approximate surface area is 172 Å². The molecule has 2 aromatic carbocycles. The number of hydrogen-bond acceptors (Lipinski definition) is 4. The normalized spacial score (nSPS) is 12.2. The molecule has 3 rings (SSSR count). The lowest BCUT2D eigenvalue weighted by molar-refractivity contribution is -0.140. The number of rotatable bonds is 7. The maximum atomic E-state index is 13.3. The number of halogens is 3. The van der Waals surface area contributed by atoms with Crippen LogP contribution in [-0.4, -0.2) is 24.6 Å². The second kappa shape index (κ2) is 8.49. The van der Waals surface area contributed by atoms with E-state index in [-0.39, 0.29) is 10.7 Å². The Morgan fingerprint density at radius 1 is 1.07 bits per heavy atom. The summed E-state index contributed by atoms with van der Waals surface area (Å²) in [5.74, 6) is 0.671. The van der Waals surface area contributed by atoms with Gasteiger partial charge in [-0.25, -0.2) is 18.5 Å². The van der Waals surface area contributed by atoms with Gasteiger partial charge in [-0.15, -0.1) is 0 Å². The number of benzene rings is 2. The van der Waals surface area contributed by atoms with Crippen LogP contribution in [0.1, 0.15) is 25.5 Å². The van der Waals surface area contributed by atoms with Crippen LogP contribution in [0, 0.1) is 0 Å². The van der Waals surface area contributed by atoms with Crippen molar-refractivity contribution < 1.29 is 26.3 Å².